The first kappa shape index (κ1) is 16.2. The van der Waals surface area contributed by atoms with E-state index < -0.39 is 6.03 Å². The average molecular weight is 346 g/mol. The number of carbonyl (C=O) groups excluding carboxylic acids is 2. The summed E-state index contributed by atoms with van der Waals surface area (Å²) < 4.78 is 1.68. The van der Waals surface area contributed by atoms with Crippen LogP contribution in [0.2, 0.25) is 5.15 Å². The van der Waals surface area contributed by atoms with Gasteiger partial charge < -0.3 is 0 Å². The van der Waals surface area contributed by atoms with Crippen molar-refractivity contribution in [3.8, 4) is 0 Å². The molecule has 1 aliphatic heterocycles. The second-order valence-corrected chi connectivity index (χ2v) is 5.95. The third-order valence-electron chi connectivity index (χ3n) is 3.66. The molecule has 1 aromatic carbocycles. The Hall–Kier alpha value is -2.67. The van der Waals surface area contributed by atoms with Crippen molar-refractivity contribution in [2.24, 2.45) is 5.10 Å². The number of imide groups is 1. The van der Waals surface area contributed by atoms with Gasteiger partial charge in [-0.15, -0.1) is 0 Å². The minimum absolute atomic E-state index is 0.0937. The van der Waals surface area contributed by atoms with Gasteiger partial charge >= 0.3 is 6.03 Å². The number of urea groups is 1. The van der Waals surface area contributed by atoms with Gasteiger partial charge in [-0.1, -0.05) is 41.4 Å². The summed E-state index contributed by atoms with van der Waals surface area (Å²) >= 11 is 6.38. The monoisotopic (exact) mass is 345 g/mol. The van der Waals surface area contributed by atoms with E-state index >= 15 is 0 Å². The molecule has 124 valence electrons. The number of nitrogens with zero attached hydrogens (tertiary/aromatic N) is 4. The number of aryl methyl sites for hydroxylation is 2. The quantitative estimate of drug-likeness (QED) is 0.680. The molecule has 1 saturated heterocycles. The topological polar surface area (TPSA) is 79.6 Å². The van der Waals surface area contributed by atoms with Gasteiger partial charge in [-0.25, -0.2) is 14.5 Å². The minimum Gasteiger partial charge on any atom is -0.275 e. The number of rotatable bonds is 4. The molecule has 1 N–H and O–H groups in total. The van der Waals surface area contributed by atoms with E-state index in [0.29, 0.717) is 23.0 Å². The Labute approximate surface area is 143 Å². The van der Waals surface area contributed by atoms with Crippen LogP contribution in [-0.4, -0.2) is 39.5 Å². The predicted molar refractivity (Wildman–Crippen MR) is 90.1 cm³/mol. The molecular weight excluding hydrogens is 330 g/mol. The number of amides is 3. The van der Waals surface area contributed by atoms with Gasteiger partial charge in [-0.2, -0.15) is 10.2 Å². The van der Waals surface area contributed by atoms with Crippen molar-refractivity contribution in [2.45, 2.75) is 20.4 Å². The van der Waals surface area contributed by atoms with Crippen LogP contribution >= 0.6 is 11.6 Å². The Morgan fingerprint density at radius 2 is 2.00 bits per heavy atom. The zero-order valence-electron chi connectivity index (χ0n) is 13.3. The third-order valence-corrected chi connectivity index (χ3v) is 4.06. The molecule has 0 saturated carbocycles. The lowest BCUT2D eigenvalue weighted by atomic mass is 10.1. The molecule has 1 fully saturated rings. The van der Waals surface area contributed by atoms with Crippen LogP contribution in [-0.2, 0) is 11.3 Å². The molecule has 0 atom stereocenters. The summed E-state index contributed by atoms with van der Waals surface area (Å²) in [4.78, 5) is 22.6. The van der Waals surface area contributed by atoms with E-state index in [2.05, 4.69) is 15.5 Å². The number of hydrogen-bond donors (Lipinski definition) is 1. The van der Waals surface area contributed by atoms with Gasteiger partial charge in [0.05, 0.1) is 24.0 Å². The number of carbonyl (C=O) groups is 2. The molecule has 0 aliphatic carbocycles. The summed E-state index contributed by atoms with van der Waals surface area (Å²) in [5.74, 6) is -0.380. The van der Waals surface area contributed by atoms with Crippen molar-refractivity contribution in [2.75, 3.05) is 6.54 Å². The van der Waals surface area contributed by atoms with Crippen LogP contribution in [0.5, 0.6) is 0 Å². The van der Waals surface area contributed by atoms with Crippen molar-refractivity contribution >= 4 is 29.8 Å². The molecule has 0 radical (unpaired) electrons. The number of hydrazone groups is 1. The van der Waals surface area contributed by atoms with Crippen LogP contribution in [0, 0.1) is 13.8 Å². The first-order valence-electron chi connectivity index (χ1n) is 7.38. The maximum absolute atomic E-state index is 11.5. The third kappa shape index (κ3) is 3.30. The highest BCUT2D eigenvalue weighted by Crippen LogP contribution is 2.19. The molecule has 0 bridgehead atoms. The fourth-order valence-electron chi connectivity index (χ4n) is 2.34. The lowest BCUT2D eigenvalue weighted by Crippen LogP contribution is -2.24. The Morgan fingerprint density at radius 3 is 2.62 bits per heavy atom. The van der Waals surface area contributed by atoms with E-state index in [4.69, 9.17) is 11.6 Å². The summed E-state index contributed by atoms with van der Waals surface area (Å²) in [6.07, 6.45) is 1.45. The number of benzene rings is 1. The van der Waals surface area contributed by atoms with E-state index in [9.17, 15) is 9.59 Å². The lowest BCUT2D eigenvalue weighted by Gasteiger charge is -2.05. The number of hydrogen-bond acceptors (Lipinski definition) is 4. The fraction of sp³-hybridized carbons (Fsp3) is 0.250. The standard InChI is InChI=1S/C16H16ClN5O2/c1-10-3-5-12(6-4-10)8-21-15(17)13(11(2)20-21)7-18-22-9-14(23)19-16(22)24/h3-7H,8-9H2,1-2H3,(H,19,23,24). The Balaban J connectivity index is 1.80. The fourth-order valence-corrected chi connectivity index (χ4v) is 2.62. The van der Waals surface area contributed by atoms with Crippen LogP contribution in [0.1, 0.15) is 22.4 Å². The number of halogens is 1. The number of aromatic nitrogens is 2. The Morgan fingerprint density at radius 1 is 1.29 bits per heavy atom. The second kappa shape index (κ2) is 6.45. The summed E-state index contributed by atoms with van der Waals surface area (Å²) in [7, 11) is 0. The van der Waals surface area contributed by atoms with Crippen LogP contribution in [0.3, 0.4) is 0 Å². The SMILES string of the molecule is Cc1ccc(Cn2nc(C)c(C=NN3CC(=O)NC3=O)c2Cl)cc1. The molecule has 7 nitrogen and oxygen atoms in total. The maximum Gasteiger partial charge on any atom is 0.344 e. The number of nitrogens with one attached hydrogen (secondary N) is 1. The minimum atomic E-state index is -0.544. The van der Waals surface area contributed by atoms with E-state index in [-0.39, 0.29) is 12.5 Å². The molecule has 2 aromatic rings. The van der Waals surface area contributed by atoms with E-state index in [1.165, 1.54) is 11.8 Å². The van der Waals surface area contributed by atoms with E-state index in [0.717, 1.165) is 10.6 Å². The normalized spacial score (nSPS) is 14.7. The molecular formula is C16H16ClN5O2. The summed E-state index contributed by atoms with van der Waals surface area (Å²) in [6, 6.07) is 7.57. The van der Waals surface area contributed by atoms with Crippen LogP contribution in [0.25, 0.3) is 0 Å². The first-order chi connectivity index (χ1) is 11.4. The summed E-state index contributed by atoms with van der Waals surface area (Å²) in [5, 5.41) is 12.1. The molecule has 0 spiro atoms. The van der Waals surface area contributed by atoms with Crippen molar-refractivity contribution in [3.63, 3.8) is 0 Å². The Kier molecular flexibility index (Phi) is 4.35. The van der Waals surface area contributed by atoms with Gasteiger partial charge in [0, 0.05) is 0 Å². The van der Waals surface area contributed by atoms with Gasteiger partial charge in [-0.3, -0.25) is 10.1 Å². The van der Waals surface area contributed by atoms with Crippen molar-refractivity contribution < 1.29 is 9.59 Å². The zero-order chi connectivity index (χ0) is 17.3. The lowest BCUT2D eigenvalue weighted by molar-refractivity contribution is -0.118. The van der Waals surface area contributed by atoms with Gasteiger partial charge in [0.25, 0.3) is 0 Å². The van der Waals surface area contributed by atoms with Crippen molar-refractivity contribution in [1.82, 2.24) is 20.1 Å². The van der Waals surface area contributed by atoms with Crippen LogP contribution in [0.4, 0.5) is 4.79 Å². The highest BCUT2D eigenvalue weighted by atomic mass is 35.5. The molecule has 2 heterocycles. The van der Waals surface area contributed by atoms with Crippen molar-refractivity contribution in [1.29, 1.82) is 0 Å². The smallest absolute Gasteiger partial charge is 0.275 e. The summed E-state index contributed by atoms with van der Waals surface area (Å²) in [6.45, 7) is 4.29. The van der Waals surface area contributed by atoms with Gasteiger partial charge in [0.15, 0.2) is 0 Å². The molecule has 8 heteroatoms. The van der Waals surface area contributed by atoms with Crippen LogP contribution < -0.4 is 5.32 Å². The van der Waals surface area contributed by atoms with Gasteiger partial charge in [0.2, 0.25) is 5.91 Å². The van der Waals surface area contributed by atoms with E-state index in [1.54, 1.807) is 4.68 Å². The van der Waals surface area contributed by atoms with Gasteiger partial charge in [0.1, 0.15) is 11.7 Å². The molecule has 3 amide bonds. The van der Waals surface area contributed by atoms with Crippen molar-refractivity contribution in [3.05, 3.63) is 51.8 Å². The maximum atomic E-state index is 11.5. The van der Waals surface area contributed by atoms with Gasteiger partial charge in [-0.05, 0) is 19.4 Å². The molecule has 0 unspecified atom stereocenters. The Bertz CT molecular complexity index is 826. The molecule has 24 heavy (non-hydrogen) atoms. The average Bonchev–Trinajstić information content (AvgIpc) is 2.99. The first-order valence-corrected chi connectivity index (χ1v) is 7.75. The van der Waals surface area contributed by atoms with Crippen LogP contribution in [0.15, 0.2) is 29.4 Å². The highest BCUT2D eigenvalue weighted by Gasteiger charge is 2.26. The zero-order valence-corrected chi connectivity index (χ0v) is 14.0. The largest absolute Gasteiger partial charge is 0.344 e. The predicted octanol–water partition coefficient (Wildman–Crippen LogP) is 2.09. The van der Waals surface area contributed by atoms with E-state index in [1.807, 2.05) is 38.1 Å². The molecule has 3 rings (SSSR count). The summed E-state index contributed by atoms with van der Waals surface area (Å²) in [5.41, 5.74) is 3.59. The second-order valence-electron chi connectivity index (χ2n) is 5.59. The molecule has 1 aliphatic rings. The molecule has 1 aromatic heterocycles. The highest BCUT2D eigenvalue weighted by molar-refractivity contribution is 6.32.